The van der Waals surface area contributed by atoms with E-state index in [2.05, 4.69) is 11.4 Å². The zero-order valence-corrected chi connectivity index (χ0v) is 20.2. The Bertz CT molecular complexity index is 1370. The second-order valence-corrected chi connectivity index (χ2v) is 8.90. The van der Waals surface area contributed by atoms with Gasteiger partial charge in [0.2, 0.25) is 0 Å². The number of hydrogen-bond acceptors (Lipinski definition) is 3. The first-order chi connectivity index (χ1) is 16.8. The van der Waals surface area contributed by atoms with Crippen molar-refractivity contribution in [2.24, 2.45) is 0 Å². The van der Waals surface area contributed by atoms with Gasteiger partial charge in [-0.25, -0.2) is 0 Å². The molecule has 5 heteroatoms. The summed E-state index contributed by atoms with van der Waals surface area (Å²) < 4.78 is 6.06. The fourth-order valence-electron chi connectivity index (χ4n) is 4.40. The third-order valence-corrected chi connectivity index (χ3v) is 6.00. The van der Waals surface area contributed by atoms with Crippen LogP contribution in [0.2, 0.25) is 0 Å². The predicted molar refractivity (Wildman–Crippen MR) is 138 cm³/mol. The van der Waals surface area contributed by atoms with Gasteiger partial charge < -0.3 is 15.2 Å². The molecule has 1 amide bonds. The number of carboxylic acid groups (broad SMARTS) is 1. The Morgan fingerprint density at radius 1 is 0.886 bits per heavy atom. The number of hydrogen-bond donors (Lipinski definition) is 2. The minimum atomic E-state index is -0.906. The van der Waals surface area contributed by atoms with Gasteiger partial charge >= 0.3 is 5.97 Å². The molecule has 0 fully saturated rings. The molecule has 4 rings (SSSR count). The van der Waals surface area contributed by atoms with Gasteiger partial charge in [-0.3, -0.25) is 9.59 Å². The third kappa shape index (κ3) is 5.87. The molecule has 1 atom stereocenters. The van der Waals surface area contributed by atoms with Crippen molar-refractivity contribution in [3.05, 3.63) is 107 Å². The lowest BCUT2D eigenvalue weighted by Crippen LogP contribution is -2.27. The highest BCUT2D eigenvalue weighted by Gasteiger charge is 2.18. The Balaban J connectivity index is 1.63. The summed E-state index contributed by atoms with van der Waals surface area (Å²) >= 11 is 0. The largest absolute Gasteiger partial charge is 0.481 e. The fourth-order valence-corrected chi connectivity index (χ4v) is 4.40. The molecule has 5 nitrogen and oxygen atoms in total. The highest BCUT2D eigenvalue weighted by atomic mass is 16.5. The van der Waals surface area contributed by atoms with Crippen LogP contribution in [0.4, 0.5) is 0 Å². The zero-order valence-electron chi connectivity index (χ0n) is 20.2. The molecule has 4 aromatic rings. The van der Waals surface area contributed by atoms with Crippen LogP contribution in [0.1, 0.15) is 52.0 Å². The SMILES string of the molecule is Cc1cc(C)cc(Oc2ccc(CCC(=O)O)c(C(=O)N[C@H](C)c3cccc4ccccc34)c2)c1. The van der Waals surface area contributed by atoms with Crippen LogP contribution in [-0.4, -0.2) is 17.0 Å². The molecule has 0 saturated carbocycles. The topological polar surface area (TPSA) is 75.6 Å². The van der Waals surface area contributed by atoms with Crippen LogP contribution in [-0.2, 0) is 11.2 Å². The zero-order chi connectivity index (χ0) is 24.9. The third-order valence-electron chi connectivity index (χ3n) is 6.00. The highest BCUT2D eigenvalue weighted by Crippen LogP contribution is 2.28. The van der Waals surface area contributed by atoms with E-state index in [0.717, 1.165) is 27.5 Å². The lowest BCUT2D eigenvalue weighted by atomic mass is 9.98. The van der Waals surface area contributed by atoms with Gasteiger partial charge in [0.1, 0.15) is 11.5 Å². The minimum absolute atomic E-state index is 0.0591. The van der Waals surface area contributed by atoms with E-state index in [0.29, 0.717) is 22.6 Å². The smallest absolute Gasteiger partial charge is 0.303 e. The monoisotopic (exact) mass is 467 g/mol. The number of nitrogens with one attached hydrogen (secondary N) is 1. The van der Waals surface area contributed by atoms with Gasteiger partial charge in [-0.2, -0.15) is 0 Å². The van der Waals surface area contributed by atoms with Crippen LogP contribution < -0.4 is 10.1 Å². The maximum atomic E-state index is 13.4. The molecule has 2 N–H and O–H groups in total. The molecule has 0 heterocycles. The van der Waals surface area contributed by atoms with Gasteiger partial charge in [-0.15, -0.1) is 0 Å². The number of fused-ring (bicyclic) bond motifs is 1. The van der Waals surface area contributed by atoms with Crippen molar-refractivity contribution in [3.63, 3.8) is 0 Å². The number of aliphatic carboxylic acids is 1. The Labute approximate surface area is 205 Å². The summed E-state index contributed by atoms with van der Waals surface area (Å²) in [6, 6.07) is 25.1. The fraction of sp³-hybridized carbons (Fsp3) is 0.200. The number of amides is 1. The Morgan fingerprint density at radius 3 is 2.34 bits per heavy atom. The van der Waals surface area contributed by atoms with Crippen LogP contribution in [0.15, 0.2) is 78.9 Å². The standard InChI is InChI=1S/C30H29NO4/c1-19-15-20(2)17-25(16-19)35-24-13-11-23(12-14-29(32)33)28(18-24)30(34)31-21(3)26-10-6-8-22-7-4-5-9-27(22)26/h4-11,13,15-18,21H,12,14H2,1-3H3,(H,31,34)(H,32,33)/t21-/m1/s1. The maximum absolute atomic E-state index is 13.4. The summed E-state index contributed by atoms with van der Waals surface area (Å²) in [5.41, 5.74) is 4.27. The minimum Gasteiger partial charge on any atom is -0.481 e. The second-order valence-electron chi connectivity index (χ2n) is 8.90. The Kier molecular flexibility index (Phi) is 7.16. The molecule has 0 spiro atoms. The quantitative estimate of drug-likeness (QED) is 0.300. The summed E-state index contributed by atoms with van der Waals surface area (Å²) in [5.74, 6) is 0.0426. The van der Waals surface area contributed by atoms with Crippen molar-refractivity contribution in [1.29, 1.82) is 0 Å². The summed E-state index contributed by atoms with van der Waals surface area (Å²) in [7, 11) is 0. The van der Waals surface area contributed by atoms with Gasteiger partial charge in [0.15, 0.2) is 0 Å². The average molecular weight is 468 g/mol. The van der Waals surface area contributed by atoms with E-state index >= 15 is 0 Å². The molecule has 0 aromatic heterocycles. The van der Waals surface area contributed by atoms with Gasteiger partial charge in [0.05, 0.1) is 6.04 Å². The van der Waals surface area contributed by atoms with Crippen molar-refractivity contribution in [2.75, 3.05) is 0 Å². The lowest BCUT2D eigenvalue weighted by Gasteiger charge is -2.19. The van der Waals surface area contributed by atoms with E-state index < -0.39 is 5.97 Å². The van der Waals surface area contributed by atoms with Gasteiger partial charge in [0, 0.05) is 12.0 Å². The molecule has 0 aliphatic heterocycles. The first-order valence-electron chi connectivity index (χ1n) is 11.7. The van der Waals surface area contributed by atoms with Crippen LogP contribution in [0.5, 0.6) is 11.5 Å². The normalized spacial score (nSPS) is 11.7. The molecule has 35 heavy (non-hydrogen) atoms. The molecule has 0 aliphatic rings. The first kappa shape index (κ1) is 24.0. The molecule has 0 aliphatic carbocycles. The maximum Gasteiger partial charge on any atom is 0.303 e. The predicted octanol–water partition coefficient (Wildman–Crippen LogP) is 6.76. The molecule has 0 saturated heterocycles. The van der Waals surface area contributed by atoms with Gasteiger partial charge in [-0.05, 0) is 84.5 Å². The van der Waals surface area contributed by atoms with Crippen LogP contribution >= 0.6 is 0 Å². The number of carboxylic acids is 1. The first-order valence-corrected chi connectivity index (χ1v) is 11.7. The van der Waals surface area contributed by atoms with E-state index in [4.69, 9.17) is 4.74 Å². The number of aryl methyl sites for hydroxylation is 3. The molecule has 4 aromatic carbocycles. The summed E-state index contributed by atoms with van der Waals surface area (Å²) in [4.78, 5) is 24.6. The number of carbonyl (C=O) groups excluding carboxylic acids is 1. The Morgan fingerprint density at radius 2 is 1.60 bits per heavy atom. The van der Waals surface area contributed by atoms with E-state index in [9.17, 15) is 14.7 Å². The van der Waals surface area contributed by atoms with E-state index in [-0.39, 0.29) is 24.8 Å². The summed E-state index contributed by atoms with van der Waals surface area (Å²) in [6.45, 7) is 5.96. The number of carbonyl (C=O) groups is 2. The van der Waals surface area contributed by atoms with Crippen molar-refractivity contribution in [1.82, 2.24) is 5.32 Å². The van der Waals surface area contributed by atoms with Crippen molar-refractivity contribution < 1.29 is 19.4 Å². The lowest BCUT2D eigenvalue weighted by molar-refractivity contribution is -0.136. The van der Waals surface area contributed by atoms with E-state index in [1.807, 2.05) is 75.4 Å². The molecule has 0 bridgehead atoms. The highest BCUT2D eigenvalue weighted by molar-refractivity contribution is 5.97. The number of rotatable bonds is 8. The molecule has 0 unspecified atom stereocenters. The van der Waals surface area contributed by atoms with Crippen molar-refractivity contribution in [3.8, 4) is 11.5 Å². The summed E-state index contributed by atoms with van der Waals surface area (Å²) in [5, 5.41) is 14.5. The van der Waals surface area contributed by atoms with Crippen molar-refractivity contribution >= 4 is 22.6 Å². The van der Waals surface area contributed by atoms with Crippen molar-refractivity contribution in [2.45, 2.75) is 39.7 Å². The van der Waals surface area contributed by atoms with E-state index in [1.54, 1.807) is 18.2 Å². The average Bonchev–Trinajstić information content (AvgIpc) is 2.82. The molecular formula is C30H29NO4. The molecule has 0 radical (unpaired) electrons. The van der Waals surface area contributed by atoms with Gasteiger partial charge in [-0.1, -0.05) is 54.6 Å². The Hall–Kier alpha value is -4.12. The molecular weight excluding hydrogens is 438 g/mol. The van der Waals surface area contributed by atoms with Crippen LogP contribution in [0, 0.1) is 13.8 Å². The number of ether oxygens (including phenoxy) is 1. The van der Waals surface area contributed by atoms with Gasteiger partial charge in [0.25, 0.3) is 5.91 Å². The number of benzene rings is 4. The van der Waals surface area contributed by atoms with Crippen LogP contribution in [0.25, 0.3) is 10.8 Å². The van der Waals surface area contributed by atoms with Crippen LogP contribution in [0.3, 0.4) is 0 Å². The van der Waals surface area contributed by atoms with E-state index in [1.165, 1.54) is 0 Å². The molecule has 178 valence electrons. The second kappa shape index (κ2) is 10.4. The summed E-state index contributed by atoms with van der Waals surface area (Å²) in [6.07, 6.45) is 0.195.